The third kappa shape index (κ3) is 3.68. The second-order valence-electron chi connectivity index (χ2n) is 6.64. The van der Waals surface area contributed by atoms with Crippen LogP contribution in [0.4, 0.5) is 0 Å². The predicted molar refractivity (Wildman–Crippen MR) is 99.9 cm³/mol. The summed E-state index contributed by atoms with van der Waals surface area (Å²) in [4.78, 5) is 12.6. The summed E-state index contributed by atoms with van der Waals surface area (Å²) >= 11 is 2.24. The molecule has 2 aromatic rings. The Bertz CT molecular complexity index is 738. The van der Waals surface area contributed by atoms with Crippen molar-refractivity contribution in [1.29, 1.82) is 0 Å². The van der Waals surface area contributed by atoms with Crippen molar-refractivity contribution in [3.8, 4) is 5.75 Å². The van der Waals surface area contributed by atoms with Crippen LogP contribution in [0.15, 0.2) is 42.5 Å². The summed E-state index contributed by atoms with van der Waals surface area (Å²) < 4.78 is 7.17. The topological polar surface area (TPSA) is 38.3 Å². The van der Waals surface area contributed by atoms with Crippen LogP contribution in [0, 0.1) is 10.5 Å². The Morgan fingerprint density at radius 1 is 1.22 bits per heavy atom. The molecule has 4 heteroatoms. The number of amides is 1. The Balaban J connectivity index is 1.88. The highest BCUT2D eigenvalue weighted by Crippen LogP contribution is 2.39. The number of nitrogens with one attached hydrogen (secondary N) is 1. The maximum Gasteiger partial charge on any atom is 0.251 e. The average molecular weight is 421 g/mol. The van der Waals surface area contributed by atoms with Crippen molar-refractivity contribution in [3.05, 3.63) is 62.7 Å². The number of carbonyl (C=O) groups excluding carboxylic acids is 1. The maximum absolute atomic E-state index is 12.6. The first-order valence-corrected chi connectivity index (χ1v) is 8.78. The van der Waals surface area contributed by atoms with E-state index in [-0.39, 0.29) is 17.6 Å². The molecule has 120 valence electrons. The molecule has 0 spiro atoms. The molecule has 1 atom stereocenters. The van der Waals surface area contributed by atoms with Gasteiger partial charge in [-0.3, -0.25) is 4.79 Å². The van der Waals surface area contributed by atoms with Crippen molar-refractivity contribution in [2.75, 3.05) is 0 Å². The van der Waals surface area contributed by atoms with Crippen molar-refractivity contribution in [2.24, 2.45) is 0 Å². The van der Waals surface area contributed by atoms with E-state index >= 15 is 0 Å². The lowest BCUT2D eigenvalue weighted by Crippen LogP contribution is -2.41. The molecule has 0 fully saturated rings. The van der Waals surface area contributed by atoms with Crippen LogP contribution in [0.5, 0.6) is 5.75 Å². The summed E-state index contributed by atoms with van der Waals surface area (Å²) in [7, 11) is 0. The molecule has 3 nitrogen and oxygen atoms in total. The SMILES string of the molecule is Cc1ccc2c(c1)[C@H](NC(=O)c1ccc(I)cc1)CC(C)(C)O2. The molecule has 0 radical (unpaired) electrons. The van der Waals surface area contributed by atoms with Gasteiger partial charge in [0, 0.05) is 21.1 Å². The van der Waals surface area contributed by atoms with Gasteiger partial charge in [-0.05, 0) is 73.7 Å². The first-order valence-electron chi connectivity index (χ1n) is 7.70. The molecule has 0 bridgehead atoms. The van der Waals surface area contributed by atoms with Gasteiger partial charge in [-0.15, -0.1) is 0 Å². The zero-order valence-electron chi connectivity index (χ0n) is 13.5. The van der Waals surface area contributed by atoms with Crippen LogP contribution < -0.4 is 10.1 Å². The summed E-state index contributed by atoms with van der Waals surface area (Å²) in [5, 5.41) is 3.17. The Kier molecular flexibility index (Phi) is 4.36. The Morgan fingerprint density at radius 2 is 1.91 bits per heavy atom. The minimum atomic E-state index is -0.299. The highest BCUT2D eigenvalue weighted by atomic mass is 127. The lowest BCUT2D eigenvalue weighted by atomic mass is 9.88. The zero-order chi connectivity index (χ0) is 16.6. The fourth-order valence-corrected chi connectivity index (χ4v) is 3.31. The Morgan fingerprint density at radius 3 is 2.61 bits per heavy atom. The third-order valence-electron chi connectivity index (χ3n) is 4.03. The van der Waals surface area contributed by atoms with Crippen molar-refractivity contribution in [3.63, 3.8) is 0 Å². The maximum atomic E-state index is 12.6. The van der Waals surface area contributed by atoms with Gasteiger partial charge in [-0.25, -0.2) is 0 Å². The van der Waals surface area contributed by atoms with E-state index in [0.717, 1.165) is 21.3 Å². The van der Waals surface area contributed by atoms with Gasteiger partial charge >= 0.3 is 0 Å². The average Bonchev–Trinajstić information content (AvgIpc) is 2.48. The van der Waals surface area contributed by atoms with Gasteiger partial charge in [0.2, 0.25) is 0 Å². The normalized spacial score (nSPS) is 18.7. The standard InChI is InChI=1S/C19H20INO2/c1-12-4-9-17-15(10-12)16(11-19(2,3)23-17)21-18(22)13-5-7-14(20)8-6-13/h4-10,16H,11H2,1-3H3,(H,21,22)/t16-/m1/s1. The van der Waals surface area contributed by atoms with Crippen LogP contribution in [0.1, 0.15) is 47.8 Å². The molecule has 0 unspecified atom stereocenters. The van der Waals surface area contributed by atoms with Crippen molar-refractivity contribution >= 4 is 28.5 Å². The second-order valence-corrected chi connectivity index (χ2v) is 7.89. The van der Waals surface area contributed by atoms with E-state index in [1.807, 2.05) is 36.4 Å². The van der Waals surface area contributed by atoms with Crippen LogP contribution in [-0.2, 0) is 0 Å². The van der Waals surface area contributed by atoms with Gasteiger partial charge < -0.3 is 10.1 Å². The van der Waals surface area contributed by atoms with E-state index in [4.69, 9.17) is 4.74 Å². The highest BCUT2D eigenvalue weighted by Gasteiger charge is 2.34. The van der Waals surface area contributed by atoms with Crippen LogP contribution in [0.25, 0.3) is 0 Å². The third-order valence-corrected chi connectivity index (χ3v) is 4.75. The Hall–Kier alpha value is -1.56. The molecule has 2 aromatic carbocycles. The Labute approximate surface area is 150 Å². The van der Waals surface area contributed by atoms with E-state index < -0.39 is 0 Å². The van der Waals surface area contributed by atoms with Crippen molar-refractivity contribution < 1.29 is 9.53 Å². The number of hydrogen-bond donors (Lipinski definition) is 1. The smallest absolute Gasteiger partial charge is 0.251 e. The predicted octanol–water partition coefficient (Wildman–Crippen LogP) is 4.63. The number of rotatable bonds is 2. The molecule has 1 amide bonds. The van der Waals surface area contributed by atoms with Crippen LogP contribution in [0.3, 0.4) is 0 Å². The van der Waals surface area contributed by atoms with E-state index in [2.05, 4.69) is 54.7 Å². The van der Waals surface area contributed by atoms with Gasteiger partial charge in [0.25, 0.3) is 5.91 Å². The van der Waals surface area contributed by atoms with Gasteiger partial charge in [-0.1, -0.05) is 17.7 Å². The quantitative estimate of drug-likeness (QED) is 0.719. The zero-order valence-corrected chi connectivity index (χ0v) is 15.7. The molecule has 0 saturated carbocycles. The number of halogens is 1. The summed E-state index contributed by atoms with van der Waals surface area (Å²) in [5.74, 6) is 0.816. The molecular formula is C19H20INO2. The van der Waals surface area contributed by atoms with Crippen LogP contribution in [0.2, 0.25) is 0 Å². The number of ether oxygens (including phenoxy) is 1. The molecule has 1 heterocycles. The van der Waals surface area contributed by atoms with Gasteiger partial charge in [0.1, 0.15) is 11.4 Å². The molecule has 1 N–H and O–H groups in total. The van der Waals surface area contributed by atoms with E-state index in [9.17, 15) is 4.79 Å². The molecule has 3 rings (SSSR count). The second kappa shape index (κ2) is 6.15. The van der Waals surface area contributed by atoms with Crippen LogP contribution >= 0.6 is 22.6 Å². The largest absolute Gasteiger partial charge is 0.487 e. The summed E-state index contributed by atoms with van der Waals surface area (Å²) in [5.41, 5.74) is 2.61. The summed E-state index contributed by atoms with van der Waals surface area (Å²) in [6.07, 6.45) is 0.750. The van der Waals surface area contributed by atoms with Crippen molar-refractivity contribution in [1.82, 2.24) is 5.32 Å². The lowest BCUT2D eigenvalue weighted by Gasteiger charge is -2.38. The molecule has 0 saturated heterocycles. The van der Waals surface area contributed by atoms with Gasteiger partial charge in [0.15, 0.2) is 0 Å². The number of benzene rings is 2. The van der Waals surface area contributed by atoms with Crippen LogP contribution in [-0.4, -0.2) is 11.5 Å². The number of hydrogen-bond acceptors (Lipinski definition) is 2. The highest BCUT2D eigenvalue weighted by molar-refractivity contribution is 14.1. The molecule has 0 aromatic heterocycles. The molecule has 0 aliphatic carbocycles. The van der Waals surface area contributed by atoms with Gasteiger partial charge in [0.05, 0.1) is 6.04 Å². The number of aryl methyl sites for hydroxylation is 1. The number of fused-ring (bicyclic) bond motifs is 1. The number of carbonyl (C=O) groups is 1. The minimum absolute atomic E-state index is 0.0413. The van der Waals surface area contributed by atoms with Crippen molar-refractivity contribution in [2.45, 2.75) is 38.8 Å². The molecule has 1 aliphatic rings. The van der Waals surface area contributed by atoms with E-state index in [1.54, 1.807) is 0 Å². The summed E-state index contributed by atoms with van der Waals surface area (Å²) in [6.45, 7) is 6.16. The minimum Gasteiger partial charge on any atom is -0.487 e. The van der Waals surface area contributed by atoms with E-state index in [1.165, 1.54) is 5.56 Å². The first kappa shape index (κ1) is 16.3. The summed E-state index contributed by atoms with van der Waals surface area (Å²) in [6, 6.07) is 13.7. The fourth-order valence-electron chi connectivity index (χ4n) is 2.95. The monoisotopic (exact) mass is 421 g/mol. The molecule has 23 heavy (non-hydrogen) atoms. The fraction of sp³-hybridized carbons (Fsp3) is 0.316. The lowest BCUT2D eigenvalue weighted by molar-refractivity contribution is 0.0619. The van der Waals surface area contributed by atoms with E-state index in [0.29, 0.717) is 5.56 Å². The van der Waals surface area contributed by atoms with Gasteiger partial charge in [-0.2, -0.15) is 0 Å². The first-order chi connectivity index (χ1) is 10.8. The molecular weight excluding hydrogens is 401 g/mol. The molecule has 1 aliphatic heterocycles.